The summed E-state index contributed by atoms with van der Waals surface area (Å²) in [6.07, 6.45) is 2.31. The minimum absolute atomic E-state index is 0.111. The molecule has 2 aromatic rings. The van der Waals surface area contributed by atoms with Crippen molar-refractivity contribution in [3.63, 3.8) is 0 Å². The van der Waals surface area contributed by atoms with Crippen LogP contribution in [-0.2, 0) is 5.41 Å². The second-order valence-electron chi connectivity index (χ2n) is 4.38. The van der Waals surface area contributed by atoms with Crippen molar-refractivity contribution in [3.05, 3.63) is 40.9 Å². The number of hydrogen-bond acceptors (Lipinski definition) is 4. The van der Waals surface area contributed by atoms with Crippen LogP contribution in [0.4, 0.5) is 5.13 Å². The number of rotatable bonds is 3. The van der Waals surface area contributed by atoms with E-state index in [2.05, 4.69) is 22.5 Å². The third-order valence-corrected chi connectivity index (χ3v) is 4.08. The molecule has 3 nitrogen and oxygen atoms in total. The average molecular weight is 246 g/mol. The molecule has 88 valence electrons. The Kier molecular flexibility index (Phi) is 2.33. The highest BCUT2D eigenvalue weighted by molar-refractivity contribution is 7.13. The highest BCUT2D eigenvalue weighted by Gasteiger charge is 2.47. The van der Waals surface area contributed by atoms with E-state index in [1.165, 1.54) is 16.9 Å². The van der Waals surface area contributed by atoms with Crippen LogP contribution in [0.15, 0.2) is 29.6 Å². The lowest BCUT2D eigenvalue weighted by molar-refractivity contribution is 0.414. The average Bonchev–Trinajstić information content (AvgIpc) is 3.06. The smallest absolute Gasteiger partial charge is 0.180 e. The van der Waals surface area contributed by atoms with Gasteiger partial charge in [-0.05, 0) is 30.5 Å². The molecule has 1 aromatic carbocycles. The van der Waals surface area contributed by atoms with Crippen LogP contribution in [0.2, 0.25) is 0 Å². The lowest BCUT2D eigenvalue weighted by Crippen LogP contribution is -2.09. The molecule has 0 radical (unpaired) electrons. The second-order valence-corrected chi connectivity index (χ2v) is 5.27. The molecule has 0 amide bonds. The number of aromatic nitrogens is 1. The first-order valence-electron chi connectivity index (χ1n) is 5.61. The fraction of sp³-hybridized carbons (Fsp3) is 0.308. The number of thiazole rings is 1. The number of methoxy groups -OCH3 is 1. The van der Waals surface area contributed by atoms with Crippen molar-refractivity contribution in [2.45, 2.75) is 18.3 Å². The van der Waals surface area contributed by atoms with Gasteiger partial charge in [0.25, 0.3) is 0 Å². The van der Waals surface area contributed by atoms with Crippen LogP contribution in [0.25, 0.3) is 0 Å². The zero-order valence-corrected chi connectivity index (χ0v) is 10.5. The number of benzene rings is 1. The van der Waals surface area contributed by atoms with E-state index in [4.69, 9.17) is 10.5 Å². The fourth-order valence-electron chi connectivity index (χ4n) is 2.24. The first-order chi connectivity index (χ1) is 8.24. The van der Waals surface area contributed by atoms with E-state index in [1.807, 2.05) is 12.1 Å². The Hall–Kier alpha value is -1.55. The summed E-state index contributed by atoms with van der Waals surface area (Å²) < 4.78 is 5.18. The number of hydrogen-bond donors (Lipinski definition) is 1. The van der Waals surface area contributed by atoms with Crippen molar-refractivity contribution in [3.8, 4) is 5.75 Å². The Labute approximate surface area is 104 Å². The van der Waals surface area contributed by atoms with Crippen molar-refractivity contribution >= 4 is 16.5 Å². The van der Waals surface area contributed by atoms with E-state index < -0.39 is 0 Å². The van der Waals surface area contributed by atoms with Gasteiger partial charge in [-0.1, -0.05) is 12.1 Å². The Morgan fingerprint density at radius 2 is 2.00 bits per heavy atom. The standard InChI is InChI=1S/C13H14N2OS/c1-16-10-4-2-9(3-5-10)13(6-7-13)11-8-17-12(14)15-11/h2-5,8H,6-7H2,1H3,(H2,14,15). The first-order valence-corrected chi connectivity index (χ1v) is 6.48. The molecule has 3 rings (SSSR count). The van der Waals surface area contributed by atoms with Gasteiger partial charge < -0.3 is 10.5 Å². The van der Waals surface area contributed by atoms with E-state index in [1.54, 1.807) is 7.11 Å². The zero-order valence-electron chi connectivity index (χ0n) is 9.64. The van der Waals surface area contributed by atoms with E-state index in [-0.39, 0.29) is 5.41 Å². The van der Waals surface area contributed by atoms with Crippen molar-refractivity contribution in [2.75, 3.05) is 12.8 Å². The van der Waals surface area contributed by atoms with Crippen molar-refractivity contribution in [1.29, 1.82) is 0 Å². The van der Waals surface area contributed by atoms with E-state index in [0.29, 0.717) is 5.13 Å². The Morgan fingerprint density at radius 1 is 1.29 bits per heavy atom. The summed E-state index contributed by atoms with van der Waals surface area (Å²) in [7, 11) is 1.68. The topological polar surface area (TPSA) is 48.1 Å². The lowest BCUT2D eigenvalue weighted by atomic mass is 9.93. The summed E-state index contributed by atoms with van der Waals surface area (Å²) in [5.41, 5.74) is 8.25. The maximum absolute atomic E-state index is 5.71. The number of nitrogens with zero attached hydrogens (tertiary/aromatic N) is 1. The fourth-order valence-corrected chi connectivity index (χ4v) is 2.90. The van der Waals surface area contributed by atoms with Gasteiger partial charge in [-0.25, -0.2) is 4.98 Å². The van der Waals surface area contributed by atoms with Gasteiger partial charge in [0.1, 0.15) is 5.75 Å². The molecule has 1 aromatic heterocycles. The molecule has 1 saturated carbocycles. The van der Waals surface area contributed by atoms with Gasteiger partial charge in [0.05, 0.1) is 12.8 Å². The van der Waals surface area contributed by atoms with Crippen LogP contribution >= 0.6 is 11.3 Å². The molecule has 0 bridgehead atoms. The van der Waals surface area contributed by atoms with Crippen LogP contribution in [0, 0.1) is 0 Å². The molecule has 0 saturated heterocycles. The van der Waals surface area contributed by atoms with Gasteiger partial charge >= 0.3 is 0 Å². The number of ether oxygens (including phenoxy) is 1. The van der Waals surface area contributed by atoms with Crippen LogP contribution in [-0.4, -0.2) is 12.1 Å². The minimum Gasteiger partial charge on any atom is -0.497 e. The normalized spacial score (nSPS) is 16.8. The predicted octanol–water partition coefficient (Wildman–Crippen LogP) is 2.81. The van der Waals surface area contributed by atoms with Gasteiger partial charge in [-0.3, -0.25) is 0 Å². The predicted molar refractivity (Wildman–Crippen MR) is 69.5 cm³/mol. The molecule has 0 aliphatic heterocycles. The highest BCUT2D eigenvalue weighted by Crippen LogP contribution is 2.53. The highest BCUT2D eigenvalue weighted by atomic mass is 32.1. The van der Waals surface area contributed by atoms with Crippen LogP contribution in [0.1, 0.15) is 24.1 Å². The molecule has 4 heteroatoms. The summed E-state index contributed by atoms with van der Waals surface area (Å²) in [5, 5.41) is 2.73. The molecule has 1 fully saturated rings. The molecule has 2 N–H and O–H groups in total. The van der Waals surface area contributed by atoms with Gasteiger partial charge in [-0.2, -0.15) is 0 Å². The Balaban J connectivity index is 1.97. The molecule has 17 heavy (non-hydrogen) atoms. The first kappa shape index (κ1) is 10.6. The molecule has 0 atom stereocenters. The van der Waals surface area contributed by atoms with Gasteiger partial charge in [-0.15, -0.1) is 11.3 Å². The van der Waals surface area contributed by atoms with Crippen molar-refractivity contribution in [2.24, 2.45) is 0 Å². The van der Waals surface area contributed by atoms with Crippen LogP contribution < -0.4 is 10.5 Å². The second kappa shape index (κ2) is 3.74. The van der Waals surface area contributed by atoms with Crippen molar-refractivity contribution in [1.82, 2.24) is 4.98 Å². The molecular formula is C13H14N2OS. The number of nitrogens with two attached hydrogens (primary N) is 1. The summed E-state index contributed by atoms with van der Waals surface area (Å²) in [6, 6.07) is 8.26. The van der Waals surface area contributed by atoms with Crippen LogP contribution in [0.3, 0.4) is 0 Å². The maximum Gasteiger partial charge on any atom is 0.180 e. The Bertz CT molecular complexity index is 529. The van der Waals surface area contributed by atoms with Crippen LogP contribution in [0.5, 0.6) is 5.75 Å². The largest absolute Gasteiger partial charge is 0.497 e. The van der Waals surface area contributed by atoms with Gasteiger partial charge in [0.15, 0.2) is 5.13 Å². The maximum atomic E-state index is 5.71. The SMILES string of the molecule is COc1ccc(C2(c3csc(N)n3)CC2)cc1. The van der Waals surface area contributed by atoms with Crippen molar-refractivity contribution < 1.29 is 4.74 Å². The quantitative estimate of drug-likeness (QED) is 0.906. The molecular weight excluding hydrogens is 232 g/mol. The number of anilines is 1. The molecule has 1 aliphatic carbocycles. The summed E-state index contributed by atoms with van der Waals surface area (Å²) >= 11 is 1.52. The van der Waals surface area contributed by atoms with Gasteiger partial charge in [0, 0.05) is 10.8 Å². The third-order valence-electron chi connectivity index (χ3n) is 3.40. The monoisotopic (exact) mass is 246 g/mol. The van der Waals surface area contributed by atoms with Gasteiger partial charge in [0.2, 0.25) is 0 Å². The van der Waals surface area contributed by atoms with E-state index >= 15 is 0 Å². The summed E-state index contributed by atoms with van der Waals surface area (Å²) in [6.45, 7) is 0. The van der Waals surface area contributed by atoms with E-state index in [0.717, 1.165) is 24.3 Å². The summed E-state index contributed by atoms with van der Waals surface area (Å²) in [5.74, 6) is 0.891. The molecule has 0 spiro atoms. The molecule has 1 aliphatic rings. The molecule has 0 unspecified atom stereocenters. The minimum atomic E-state index is 0.111. The van der Waals surface area contributed by atoms with E-state index in [9.17, 15) is 0 Å². The Morgan fingerprint density at radius 3 is 2.47 bits per heavy atom. The summed E-state index contributed by atoms with van der Waals surface area (Å²) in [4.78, 5) is 4.43. The third kappa shape index (κ3) is 1.69. The lowest BCUT2D eigenvalue weighted by Gasteiger charge is -2.13. The number of nitrogen functional groups attached to an aromatic ring is 1. The molecule has 1 heterocycles. The zero-order chi connectivity index (χ0) is 11.9.